The fourth-order valence-electron chi connectivity index (χ4n) is 2.28. The Bertz CT molecular complexity index is 630. The summed E-state index contributed by atoms with van der Waals surface area (Å²) >= 11 is 3.91. The van der Waals surface area contributed by atoms with Crippen LogP contribution in [0.1, 0.15) is 25.3 Å². The van der Waals surface area contributed by atoms with Crippen LogP contribution in [0, 0.1) is 0 Å². The molecule has 2 amide bonds. The van der Waals surface area contributed by atoms with Crippen LogP contribution in [-0.4, -0.2) is 48.5 Å². The van der Waals surface area contributed by atoms with Crippen molar-refractivity contribution >= 4 is 30.4 Å². The Morgan fingerprint density at radius 1 is 1.14 bits per heavy atom. The minimum atomic E-state index is -0.866. The minimum absolute atomic E-state index is 0.0109. The molecule has 1 rings (SSSR count). The number of Topliss-reactive ketones (excluding diaryl/α,β-unsaturated/α-hetero) is 1. The number of ketones is 1. The Hall–Kier alpha value is -2.14. The lowest BCUT2D eigenvalue weighted by Crippen LogP contribution is -2.51. The van der Waals surface area contributed by atoms with Crippen molar-refractivity contribution in [3.8, 4) is 0 Å². The number of benzene rings is 1. The second-order valence-corrected chi connectivity index (χ2v) is 6.55. The predicted molar refractivity (Wildman–Crippen MR) is 109 cm³/mol. The lowest BCUT2D eigenvalue weighted by atomic mass is 10.1. The first-order valence-corrected chi connectivity index (χ1v) is 9.62. The van der Waals surface area contributed by atoms with E-state index >= 15 is 0 Å². The maximum absolute atomic E-state index is 12.5. The van der Waals surface area contributed by atoms with Gasteiger partial charge in [-0.05, 0) is 31.9 Å². The van der Waals surface area contributed by atoms with Crippen LogP contribution in [-0.2, 0) is 20.9 Å². The summed E-state index contributed by atoms with van der Waals surface area (Å²) in [5.41, 5.74) is 11.7. The van der Waals surface area contributed by atoms with Crippen molar-refractivity contribution in [3.05, 3.63) is 35.9 Å². The molecule has 0 fully saturated rings. The Morgan fingerprint density at radius 2 is 1.82 bits per heavy atom. The average Bonchev–Trinajstić information content (AvgIpc) is 2.68. The van der Waals surface area contributed by atoms with E-state index in [9.17, 15) is 14.4 Å². The SMILES string of the molecule is CC(NC(=O)[C@H](CCCNC(N)N)NC(=O)OCc1ccccc1)C(=O)CS. The van der Waals surface area contributed by atoms with Crippen LogP contribution in [0.15, 0.2) is 30.3 Å². The molecular weight excluding hydrogens is 382 g/mol. The van der Waals surface area contributed by atoms with Crippen LogP contribution in [0.2, 0.25) is 0 Å². The van der Waals surface area contributed by atoms with Gasteiger partial charge in [0.2, 0.25) is 5.91 Å². The quantitative estimate of drug-likeness (QED) is 0.159. The molecule has 0 saturated heterocycles. The third-order valence-electron chi connectivity index (χ3n) is 3.87. The summed E-state index contributed by atoms with van der Waals surface area (Å²) in [6, 6.07) is 7.61. The molecule has 1 aromatic rings. The largest absolute Gasteiger partial charge is 0.445 e. The van der Waals surface area contributed by atoms with E-state index in [1.54, 1.807) is 6.92 Å². The van der Waals surface area contributed by atoms with Gasteiger partial charge in [0.05, 0.1) is 11.8 Å². The van der Waals surface area contributed by atoms with Crippen molar-refractivity contribution < 1.29 is 19.1 Å². The third-order valence-corrected chi connectivity index (χ3v) is 4.18. The Kier molecular flexibility index (Phi) is 11.2. The molecule has 2 atom stereocenters. The van der Waals surface area contributed by atoms with E-state index in [1.165, 1.54) is 0 Å². The predicted octanol–water partition coefficient (Wildman–Crippen LogP) is -0.144. The number of amides is 2. The van der Waals surface area contributed by atoms with Crippen molar-refractivity contribution in [1.29, 1.82) is 0 Å². The number of hydrogen-bond donors (Lipinski definition) is 6. The number of rotatable bonds is 12. The van der Waals surface area contributed by atoms with Gasteiger partial charge in [-0.1, -0.05) is 30.3 Å². The topological polar surface area (TPSA) is 149 Å². The number of nitrogens with one attached hydrogen (secondary N) is 3. The van der Waals surface area contributed by atoms with E-state index in [0.717, 1.165) is 5.56 Å². The molecule has 0 aromatic heterocycles. The van der Waals surface area contributed by atoms with Gasteiger partial charge in [-0.15, -0.1) is 0 Å². The molecule has 28 heavy (non-hydrogen) atoms. The van der Waals surface area contributed by atoms with Crippen molar-refractivity contribution in [2.24, 2.45) is 11.5 Å². The summed E-state index contributed by atoms with van der Waals surface area (Å²) in [6.07, 6.45) is -0.547. The van der Waals surface area contributed by atoms with E-state index < -0.39 is 30.4 Å². The molecule has 0 spiro atoms. The summed E-state index contributed by atoms with van der Waals surface area (Å²) in [6.45, 7) is 2.11. The van der Waals surface area contributed by atoms with Crippen LogP contribution in [0.25, 0.3) is 0 Å². The molecule has 0 aliphatic carbocycles. The molecule has 1 aromatic carbocycles. The van der Waals surface area contributed by atoms with Gasteiger partial charge in [0, 0.05) is 0 Å². The molecule has 9 nitrogen and oxygen atoms in total. The fourth-order valence-corrected chi connectivity index (χ4v) is 2.56. The lowest BCUT2D eigenvalue weighted by Gasteiger charge is -2.21. The Morgan fingerprint density at radius 3 is 2.43 bits per heavy atom. The van der Waals surface area contributed by atoms with Gasteiger partial charge in [0.1, 0.15) is 18.9 Å². The van der Waals surface area contributed by atoms with Gasteiger partial charge < -0.3 is 26.8 Å². The lowest BCUT2D eigenvalue weighted by molar-refractivity contribution is -0.127. The van der Waals surface area contributed by atoms with Gasteiger partial charge in [0.25, 0.3) is 0 Å². The standard InChI is InChI=1S/C18H29N5O4S/c1-12(15(24)11-28)22-16(25)14(8-5-9-21-17(19)20)23-18(26)27-10-13-6-3-2-4-7-13/h2-4,6-7,12,14,17,21,28H,5,8-11,19-20H2,1H3,(H,22,25)(H,23,26)/t12?,14-/m0/s1. The number of alkyl carbamates (subject to hydrolysis) is 1. The van der Waals surface area contributed by atoms with Gasteiger partial charge in [-0.2, -0.15) is 12.6 Å². The number of ether oxygens (including phenoxy) is 1. The van der Waals surface area contributed by atoms with Crippen LogP contribution < -0.4 is 27.4 Å². The maximum Gasteiger partial charge on any atom is 0.408 e. The molecule has 156 valence electrons. The van der Waals surface area contributed by atoms with Gasteiger partial charge in [-0.3, -0.25) is 14.9 Å². The van der Waals surface area contributed by atoms with Crippen LogP contribution >= 0.6 is 12.6 Å². The molecule has 0 saturated carbocycles. The summed E-state index contributed by atoms with van der Waals surface area (Å²) in [5, 5.41) is 7.95. The van der Waals surface area contributed by atoms with E-state index in [-0.39, 0.29) is 18.1 Å². The molecular formula is C18H29N5O4S. The monoisotopic (exact) mass is 411 g/mol. The second kappa shape index (κ2) is 13.1. The second-order valence-electron chi connectivity index (χ2n) is 6.24. The number of carbonyl (C=O) groups is 3. The molecule has 0 heterocycles. The number of carbonyl (C=O) groups excluding carboxylic acids is 3. The average molecular weight is 412 g/mol. The van der Waals surface area contributed by atoms with E-state index in [1.807, 2.05) is 30.3 Å². The molecule has 0 aliphatic rings. The zero-order valence-corrected chi connectivity index (χ0v) is 16.8. The first-order valence-electron chi connectivity index (χ1n) is 8.99. The van der Waals surface area contributed by atoms with Crippen molar-refractivity contribution in [1.82, 2.24) is 16.0 Å². The van der Waals surface area contributed by atoms with Crippen LogP contribution in [0.3, 0.4) is 0 Å². The van der Waals surface area contributed by atoms with Crippen molar-refractivity contribution in [2.75, 3.05) is 12.3 Å². The maximum atomic E-state index is 12.5. The Labute approximate surface area is 170 Å². The summed E-state index contributed by atoms with van der Waals surface area (Å²) < 4.78 is 5.16. The third kappa shape index (κ3) is 9.70. The highest BCUT2D eigenvalue weighted by Gasteiger charge is 2.24. The van der Waals surface area contributed by atoms with E-state index in [0.29, 0.717) is 19.4 Å². The molecule has 0 radical (unpaired) electrons. The molecule has 1 unspecified atom stereocenters. The highest BCUT2D eigenvalue weighted by atomic mass is 32.1. The zero-order chi connectivity index (χ0) is 20.9. The van der Waals surface area contributed by atoms with Gasteiger partial charge in [0.15, 0.2) is 5.78 Å². The summed E-state index contributed by atoms with van der Waals surface area (Å²) in [7, 11) is 0. The molecule has 10 heteroatoms. The van der Waals surface area contributed by atoms with Crippen molar-refractivity contribution in [2.45, 2.75) is 44.7 Å². The molecule has 0 aliphatic heterocycles. The van der Waals surface area contributed by atoms with Gasteiger partial charge in [-0.25, -0.2) is 4.79 Å². The highest BCUT2D eigenvalue weighted by molar-refractivity contribution is 7.81. The molecule has 0 bridgehead atoms. The smallest absolute Gasteiger partial charge is 0.408 e. The molecule has 7 N–H and O–H groups in total. The number of hydrogen-bond acceptors (Lipinski definition) is 8. The van der Waals surface area contributed by atoms with E-state index in [2.05, 4.69) is 28.6 Å². The minimum Gasteiger partial charge on any atom is -0.445 e. The number of thiol groups is 1. The highest BCUT2D eigenvalue weighted by Crippen LogP contribution is 2.03. The first-order chi connectivity index (χ1) is 13.3. The summed E-state index contributed by atoms with van der Waals surface area (Å²) in [4.78, 5) is 36.2. The van der Waals surface area contributed by atoms with Gasteiger partial charge >= 0.3 is 6.09 Å². The van der Waals surface area contributed by atoms with E-state index in [4.69, 9.17) is 16.2 Å². The normalized spacial score (nSPS) is 12.9. The van der Waals surface area contributed by atoms with Crippen molar-refractivity contribution in [3.63, 3.8) is 0 Å². The zero-order valence-electron chi connectivity index (χ0n) is 15.9. The fraction of sp³-hybridized carbons (Fsp3) is 0.500. The van der Waals surface area contributed by atoms with Crippen LogP contribution in [0.4, 0.5) is 4.79 Å². The van der Waals surface area contributed by atoms with Crippen LogP contribution in [0.5, 0.6) is 0 Å². The number of nitrogens with two attached hydrogens (primary N) is 2. The summed E-state index contributed by atoms with van der Waals surface area (Å²) in [5.74, 6) is -0.689. The Balaban J connectivity index is 2.60. The first kappa shape index (κ1) is 23.9.